The normalized spacial score (nSPS) is 11.6. The second-order valence-electron chi connectivity index (χ2n) is 4.29. The topological polar surface area (TPSA) is 37.3 Å². The van der Waals surface area contributed by atoms with Crippen LogP contribution in [0.5, 0.6) is 0 Å². The van der Waals surface area contributed by atoms with Gasteiger partial charge in [0.2, 0.25) is 0 Å². The van der Waals surface area contributed by atoms with Crippen molar-refractivity contribution in [3.63, 3.8) is 0 Å². The quantitative estimate of drug-likeness (QED) is 0.616. The molecule has 0 spiro atoms. The van der Waals surface area contributed by atoms with E-state index in [1.807, 2.05) is 24.3 Å². The van der Waals surface area contributed by atoms with Crippen LogP contribution in [0.15, 0.2) is 42.5 Å². The number of benzene rings is 1. The average molecular weight is 230 g/mol. The van der Waals surface area contributed by atoms with Crippen LogP contribution in [0.25, 0.3) is 6.08 Å². The Kier molecular flexibility index (Phi) is 4.70. The van der Waals surface area contributed by atoms with Gasteiger partial charge in [0.25, 0.3) is 0 Å². The summed E-state index contributed by atoms with van der Waals surface area (Å²) in [5, 5.41) is 8.99. The van der Waals surface area contributed by atoms with Crippen LogP contribution >= 0.6 is 0 Å². The van der Waals surface area contributed by atoms with E-state index in [1.165, 1.54) is 5.56 Å². The third-order valence-corrected chi connectivity index (χ3v) is 2.58. The Morgan fingerprint density at radius 1 is 1.35 bits per heavy atom. The molecule has 17 heavy (non-hydrogen) atoms. The molecule has 0 atom stereocenters. The molecule has 1 aromatic carbocycles. The molecule has 0 unspecified atom stereocenters. The minimum Gasteiger partial charge on any atom is -0.478 e. The van der Waals surface area contributed by atoms with Crippen molar-refractivity contribution >= 4 is 12.0 Å². The fourth-order valence-electron chi connectivity index (χ4n) is 1.54. The molecule has 2 heteroatoms. The number of rotatable bonds is 5. The molecule has 0 radical (unpaired) electrons. The highest BCUT2D eigenvalue weighted by molar-refractivity contribution is 5.92. The van der Waals surface area contributed by atoms with Crippen LogP contribution in [0, 0.1) is 0 Å². The first-order valence-corrected chi connectivity index (χ1v) is 5.69. The maximum absolute atomic E-state index is 11.0. The van der Waals surface area contributed by atoms with Crippen LogP contribution in [-0.4, -0.2) is 11.1 Å². The van der Waals surface area contributed by atoms with Crippen molar-refractivity contribution in [3.05, 3.63) is 53.6 Å². The molecular formula is C15H18O2. The van der Waals surface area contributed by atoms with Gasteiger partial charge < -0.3 is 5.11 Å². The van der Waals surface area contributed by atoms with E-state index in [4.69, 9.17) is 5.11 Å². The van der Waals surface area contributed by atoms with Crippen molar-refractivity contribution in [3.8, 4) is 0 Å². The van der Waals surface area contributed by atoms with Crippen LogP contribution in [0.3, 0.4) is 0 Å². The first-order valence-electron chi connectivity index (χ1n) is 5.69. The molecule has 2 nitrogen and oxygen atoms in total. The summed E-state index contributed by atoms with van der Waals surface area (Å²) in [7, 11) is 0. The highest BCUT2D eigenvalue weighted by atomic mass is 16.4. The lowest BCUT2D eigenvalue weighted by Crippen LogP contribution is -1.99. The van der Waals surface area contributed by atoms with Crippen molar-refractivity contribution < 1.29 is 9.90 Å². The van der Waals surface area contributed by atoms with Crippen molar-refractivity contribution in [2.75, 3.05) is 0 Å². The van der Waals surface area contributed by atoms with E-state index in [0.29, 0.717) is 17.9 Å². The number of carboxylic acid groups (broad SMARTS) is 1. The van der Waals surface area contributed by atoms with E-state index in [1.54, 1.807) is 12.2 Å². The van der Waals surface area contributed by atoms with Gasteiger partial charge in [0.15, 0.2) is 0 Å². The zero-order valence-electron chi connectivity index (χ0n) is 10.3. The summed E-state index contributed by atoms with van der Waals surface area (Å²) in [5.74, 6) is -0.405. The Labute approximate surface area is 102 Å². The summed E-state index contributed by atoms with van der Waals surface area (Å²) < 4.78 is 0. The number of allylic oxidation sites excluding steroid dienone is 1. The van der Waals surface area contributed by atoms with Gasteiger partial charge in [-0.1, -0.05) is 44.2 Å². The number of carboxylic acids is 1. The van der Waals surface area contributed by atoms with Gasteiger partial charge in [0.05, 0.1) is 0 Å². The molecule has 0 saturated heterocycles. The Hall–Kier alpha value is -1.83. The van der Waals surface area contributed by atoms with E-state index < -0.39 is 5.97 Å². The zero-order valence-corrected chi connectivity index (χ0v) is 10.3. The average Bonchev–Trinajstić information content (AvgIpc) is 2.29. The summed E-state index contributed by atoms with van der Waals surface area (Å²) in [4.78, 5) is 11.0. The molecule has 0 aliphatic rings. The van der Waals surface area contributed by atoms with Crippen molar-refractivity contribution in [2.24, 2.45) is 0 Å². The van der Waals surface area contributed by atoms with Crippen molar-refractivity contribution in [1.82, 2.24) is 0 Å². The van der Waals surface area contributed by atoms with E-state index >= 15 is 0 Å². The van der Waals surface area contributed by atoms with Gasteiger partial charge in [0, 0.05) is 5.57 Å². The highest BCUT2D eigenvalue weighted by Crippen LogP contribution is 2.17. The van der Waals surface area contributed by atoms with Crippen LogP contribution in [0.4, 0.5) is 0 Å². The molecule has 1 N–H and O–H groups in total. The maximum Gasteiger partial charge on any atom is 0.331 e. The van der Waals surface area contributed by atoms with E-state index in [2.05, 4.69) is 20.4 Å². The first-order chi connectivity index (χ1) is 8.04. The molecule has 0 bridgehead atoms. The fourth-order valence-corrected chi connectivity index (χ4v) is 1.54. The number of carbonyl (C=O) groups is 1. The van der Waals surface area contributed by atoms with Gasteiger partial charge in [-0.3, -0.25) is 0 Å². The Morgan fingerprint density at radius 2 is 1.94 bits per heavy atom. The van der Waals surface area contributed by atoms with Crippen LogP contribution in [-0.2, 0) is 4.79 Å². The van der Waals surface area contributed by atoms with Crippen LogP contribution in [0.1, 0.15) is 37.3 Å². The molecule has 0 aliphatic carbocycles. The van der Waals surface area contributed by atoms with E-state index in [0.717, 1.165) is 5.56 Å². The molecule has 1 aromatic rings. The first kappa shape index (κ1) is 13.2. The molecule has 1 rings (SSSR count). The monoisotopic (exact) mass is 230 g/mol. The van der Waals surface area contributed by atoms with Crippen molar-refractivity contribution in [1.29, 1.82) is 0 Å². The predicted molar refractivity (Wildman–Crippen MR) is 71.0 cm³/mol. The zero-order chi connectivity index (χ0) is 12.8. The lowest BCUT2D eigenvalue weighted by molar-refractivity contribution is -0.132. The molecule has 0 amide bonds. The molecule has 90 valence electrons. The molecule has 0 aromatic heterocycles. The summed E-state index contributed by atoms with van der Waals surface area (Å²) in [6.45, 7) is 7.82. The van der Waals surface area contributed by atoms with Crippen LogP contribution < -0.4 is 0 Å². The van der Waals surface area contributed by atoms with Gasteiger partial charge in [-0.2, -0.15) is 0 Å². The molecule has 0 heterocycles. The second kappa shape index (κ2) is 6.04. The summed E-state index contributed by atoms with van der Waals surface area (Å²) >= 11 is 0. The smallest absolute Gasteiger partial charge is 0.331 e. The van der Waals surface area contributed by atoms with Crippen molar-refractivity contribution in [2.45, 2.75) is 26.2 Å². The number of hydrogen-bond acceptors (Lipinski definition) is 1. The Bertz CT molecular complexity index is 425. The summed E-state index contributed by atoms with van der Waals surface area (Å²) in [6, 6.07) is 7.95. The standard InChI is InChI=1S/C15H18O2/c1-4-5-14(15(16)17)10-12-6-8-13(9-7-12)11(2)3/h4,6-11H,1,5H2,2-3H3,(H,16,17). The fraction of sp³-hybridized carbons (Fsp3) is 0.267. The second-order valence-corrected chi connectivity index (χ2v) is 4.29. The van der Waals surface area contributed by atoms with Gasteiger partial charge >= 0.3 is 5.97 Å². The maximum atomic E-state index is 11.0. The minimum atomic E-state index is -0.891. The van der Waals surface area contributed by atoms with Crippen LogP contribution in [0.2, 0.25) is 0 Å². The lowest BCUT2D eigenvalue weighted by Gasteiger charge is -2.05. The molecule has 0 saturated carbocycles. The van der Waals surface area contributed by atoms with Gasteiger partial charge in [-0.05, 0) is 29.5 Å². The summed E-state index contributed by atoms with van der Waals surface area (Å²) in [6.07, 6.45) is 3.66. The van der Waals surface area contributed by atoms with E-state index in [9.17, 15) is 4.79 Å². The van der Waals surface area contributed by atoms with Gasteiger partial charge in [-0.25, -0.2) is 4.79 Å². The number of hydrogen-bond donors (Lipinski definition) is 1. The largest absolute Gasteiger partial charge is 0.478 e. The molecule has 0 aliphatic heterocycles. The Balaban J connectivity index is 2.96. The molecule has 0 fully saturated rings. The third kappa shape index (κ3) is 3.91. The highest BCUT2D eigenvalue weighted by Gasteiger charge is 2.05. The summed E-state index contributed by atoms with van der Waals surface area (Å²) in [5.41, 5.74) is 2.52. The molecular weight excluding hydrogens is 212 g/mol. The third-order valence-electron chi connectivity index (χ3n) is 2.58. The van der Waals surface area contributed by atoms with E-state index in [-0.39, 0.29) is 0 Å². The Morgan fingerprint density at radius 3 is 2.35 bits per heavy atom. The van der Waals surface area contributed by atoms with Gasteiger partial charge in [-0.15, -0.1) is 6.58 Å². The lowest BCUT2D eigenvalue weighted by atomic mass is 10.0. The predicted octanol–water partition coefficient (Wildman–Crippen LogP) is 3.85. The SMILES string of the molecule is C=CCC(=Cc1ccc(C(C)C)cc1)C(=O)O. The van der Waals surface area contributed by atoms with Gasteiger partial charge in [0.1, 0.15) is 0 Å². The minimum absolute atomic E-state index is 0.359. The number of aliphatic carboxylic acids is 1.